The van der Waals surface area contributed by atoms with Crippen LogP contribution in [0.1, 0.15) is 6.92 Å². The van der Waals surface area contributed by atoms with E-state index < -0.39 is 9.84 Å². The van der Waals surface area contributed by atoms with Gasteiger partial charge in [0.1, 0.15) is 11.4 Å². The second kappa shape index (κ2) is 6.60. The Balaban J connectivity index is 2.19. The third-order valence-corrected chi connectivity index (χ3v) is 4.61. The lowest BCUT2D eigenvalue weighted by Crippen LogP contribution is -2.10. The molecule has 3 aromatic rings. The number of nitrogens with zero attached hydrogens (tertiary/aromatic N) is 4. The van der Waals surface area contributed by atoms with Crippen molar-refractivity contribution >= 4 is 27.0 Å². The van der Waals surface area contributed by atoms with Crippen LogP contribution >= 0.6 is 0 Å². The third-order valence-electron chi connectivity index (χ3n) is 3.50. The minimum Gasteiger partial charge on any atom is -0.402 e. The SMILES string of the molecule is C/C(N)=C/C(N)=Nc1nc(-c2cccc(S(C)(=O)=O)c2)nn2cccc12. The summed E-state index contributed by atoms with van der Waals surface area (Å²) < 4.78 is 25.2. The van der Waals surface area contributed by atoms with Gasteiger partial charge in [0.2, 0.25) is 0 Å². The lowest BCUT2D eigenvalue weighted by molar-refractivity contribution is 0.602. The largest absolute Gasteiger partial charge is 0.402 e. The molecule has 0 saturated carbocycles. The van der Waals surface area contributed by atoms with Crippen molar-refractivity contribution in [2.45, 2.75) is 11.8 Å². The molecule has 0 aliphatic carbocycles. The van der Waals surface area contributed by atoms with E-state index in [9.17, 15) is 8.42 Å². The van der Waals surface area contributed by atoms with Crippen LogP contribution in [0.2, 0.25) is 0 Å². The van der Waals surface area contributed by atoms with E-state index >= 15 is 0 Å². The molecule has 0 bridgehead atoms. The number of allylic oxidation sites excluding steroid dienone is 1. The molecule has 0 aliphatic rings. The molecule has 1 aromatic carbocycles. The van der Waals surface area contributed by atoms with Gasteiger partial charge in [-0.15, -0.1) is 5.10 Å². The number of fused-ring (bicyclic) bond motifs is 1. The van der Waals surface area contributed by atoms with Gasteiger partial charge in [-0.2, -0.15) is 0 Å². The summed E-state index contributed by atoms with van der Waals surface area (Å²) in [5.74, 6) is 0.904. The Bertz CT molecular complexity index is 1140. The van der Waals surface area contributed by atoms with Gasteiger partial charge < -0.3 is 11.5 Å². The van der Waals surface area contributed by atoms with Gasteiger partial charge in [-0.05, 0) is 37.3 Å². The number of sulfone groups is 1. The summed E-state index contributed by atoms with van der Waals surface area (Å²) in [6.45, 7) is 1.71. The zero-order valence-electron chi connectivity index (χ0n) is 14.3. The van der Waals surface area contributed by atoms with Crippen LogP contribution in [0.3, 0.4) is 0 Å². The molecule has 0 aliphatic heterocycles. The van der Waals surface area contributed by atoms with E-state index in [2.05, 4.69) is 15.1 Å². The maximum absolute atomic E-state index is 11.8. The predicted molar refractivity (Wildman–Crippen MR) is 101 cm³/mol. The molecular weight excluding hydrogens is 352 g/mol. The lowest BCUT2D eigenvalue weighted by Gasteiger charge is -2.06. The quantitative estimate of drug-likeness (QED) is 0.531. The molecule has 2 aromatic heterocycles. The summed E-state index contributed by atoms with van der Waals surface area (Å²) >= 11 is 0. The fraction of sp³-hybridized carbons (Fsp3) is 0.118. The van der Waals surface area contributed by atoms with E-state index in [1.165, 1.54) is 18.2 Å². The molecule has 0 amide bonds. The molecule has 0 saturated heterocycles. The standard InChI is InChI=1S/C17H18N6O2S/c1-11(18)9-15(19)20-17-14-7-4-8-23(14)22-16(21-17)12-5-3-6-13(10-12)26(2,24)25/h3-10H,18H2,1-2H3,(H2,19,20,21,22)/b11-9-. The number of nitrogens with two attached hydrogens (primary N) is 2. The van der Waals surface area contributed by atoms with Crippen LogP contribution in [0.5, 0.6) is 0 Å². The monoisotopic (exact) mass is 370 g/mol. The van der Waals surface area contributed by atoms with Crippen LogP contribution in [0.25, 0.3) is 16.9 Å². The Labute approximate surface area is 150 Å². The van der Waals surface area contributed by atoms with Crippen molar-refractivity contribution in [2.75, 3.05) is 6.26 Å². The number of amidine groups is 1. The molecule has 0 atom stereocenters. The number of hydrogen-bond acceptors (Lipinski definition) is 6. The van der Waals surface area contributed by atoms with Crippen molar-refractivity contribution in [2.24, 2.45) is 16.5 Å². The van der Waals surface area contributed by atoms with E-state index in [-0.39, 0.29) is 10.7 Å². The van der Waals surface area contributed by atoms with Crippen molar-refractivity contribution in [3.63, 3.8) is 0 Å². The maximum atomic E-state index is 11.8. The summed E-state index contributed by atoms with van der Waals surface area (Å²) in [5.41, 5.74) is 13.3. The Kier molecular flexibility index (Phi) is 4.47. The summed E-state index contributed by atoms with van der Waals surface area (Å²) in [6, 6.07) is 10.0. The van der Waals surface area contributed by atoms with Gasteiger partial charge in [0.15, 0.2) is 21.5 Å². The number of rotatable bonds is 4. The van der Waals surface area contributed by atoms with Gasteiger partial charge in [0.25, 0.3) is 0 Å². The number of hydrogen-bond donors (Lipinski definition) is 2. The molecule has 9 heteroatoms. The van der Waals surface area contributed by atoms with Crippen LogP contribution in [0.4, 0.5) is 5.82 Å². The Morgan fingerprint density at radius 3 is 2.69 bits per heavy atom. The summed E-state index contributed by atoms with van der Waals surface area (Å²) in [4.78, 5) is 8.95. The van der Waals surface area contributed by atoms with Gasteiger partial charge in [0, 0.05) is 23.7 Å². The van der Waals surface area contributed by atoms with Gasteiger partial charge in [-0.3, -0.25) is 0 Å². The normalized spacial score (nSPS) is 13.3. The molecule has 4 N–H and O–H groups in total. The van der Waals surface area contributed by atoms with Crippen LogP contribution < -0.4 is 11.5 Å². The number of benzene rings is 1. The Morgan fingerprint density at radius 2 is 2.00 bits per heavy atom. The van der Waals surface area contributed by atoms with E-state index in [4.69, 9.17) is 11.5 Å². The average molecular weight is 370 g/mol. The molecule has 26 heavy (non-hydrogen) atoms. The predicted octanol–water partition coefficient (Wildman–Crippen LogP) is 1.65. The maximum Gasteiger partial charge on any atom is 0.182 e. The van der Waals surface area contributed by atoms with Crippen LogP contribution in [0.15, 0.2) is 64.3 Å². The van der Waals surface area contributed by atoms with E-state index in [1.54, 1.807) is 35.8 Å². The highest BCUT2D eigenvalue weighted by Gasteiger charge is 2.13. The number of aliphatic imine (C=N–C) groups is 1. The minimum atomic E-state index is -3.34. The first-order chi connectivity index (χ1) is 12.2. The molecule has 8 nitrogen and oxygen atoms in total. The lowest BCUT2D eigenvalue weighted by atomic mass is 10.2. The highest BCUT2D eigenvalue weighted by Crippen LogP contribution is 2.24. The molecule has 2 heterocycles. The smallest absolute Gasteiger partial charge is 0.182 e. The minimum absolute atomic E-state index is 0.192. The summed E-state index contributed by atoms with van der Waals surface area (Å²) in [5, 5.41) is 4.42. The van der Waals surface area contributed by atoms with Crippen LogP contribution in [0, 0.1) is 0 Å². The Morgan fingerprint density at radius 1 is 1.23 bits per heavy atom. The molecule has 0 radical (unpaired) electrons. The molecule has 134 valence electrons. The highest BCUT2D eigenvalue weighted by molar-refractivity contribution is 7.90. The van der Waals surface area contributed by atoms with Crippen molar-refractivity contribution in [3.05, 3.63) is 54.4 Å². The molecule has 0 spiro atoms. The molecule has 0 unspecified atom stereocenters. The zero-order chi connectivity index (χ0) is 18.9. The second-order valence-electron chi connectivity index (χ2n) is 5.82. The third kappa shape index (κ3) is 3.72. The van der Waals surface area contributed by atoms with Crippen molar-refractivity contribution in [1.29, 1.82) is 0 Å². The van der Waals surface area contributed by atoms with Crippen molar-refractivity contribution in [1.82, 2.24) is 14.6 Å². The fourth-order valence-electron chi connectivity index (χ4n) is 2.38. The molecule has 0 fully saturated rings. The first kappa shape index (κ1) is 17.6. The first-order valence-electron chi connectivity index (χ1n) is 7.68. The molecular formula is C17H18N6O2S. The van der Waals surface area contributed by atoms with Crippen LogP contribution in [-0.4, -0.2) is 35.1 Å². The van der Waals surface area contributed by atoms with Gasteiger partial charge >= 0.3 is 0 Å². The summed E-state index contributed by atoms with van der Waals surface area (Å²) in [7, 11) is -3.34. The highest BCUT2D eigenvalue weighted by atomic mass is 32.2. The second-order valence-corrected chi connectivity index (χ2v) is 7.84. The average Bonchev–Trinajstić information content (AvgIpc) is 3.02. The van der Waals surface area contributed by atoms with Crippen LogP contribution in [-0.2, 0) is 9.84 Å². The van der Waals surface area contributed by atoms with Crippen molar-refractivity contribution in [3.8, 4) is 11.4 Å². The topological polar surface area (TPSA) is 129 Å². The molecule has 3 rings (SSSR count). The first-order valence-corrected chi connectivity index (χ1v) is 9.57. The Hall–Kier alpha value is -3.20. The number of aromatic nitrogens is 3. The van der Waals surface area contributed by atoms with E-state index in [0.29, 0.717) is 28.4 Å². The zero-order valence-corrected chi connectivity index (χ0v) is 15.1. The van der Waals surface area contributed by atoms with Gasteiger partial charge in [-0.1, -0.05) is 12.1 Å². The van der Waals surface area contributed by atoms with Gasteiger partial charge in [-0.25, -0.2) is 22.9 Å². The summed E-state index contributed by atoms with van der Waals surface area (Å²) in [6.07, 6.45) is 4.44. The van der Waals surface area contributed by atoms with Gasteiger partial charge in [0.05, 0.1) is 4.90 Å². The fourth-order valence-corrected chi connectivity index (χ4v) is 3.04. The van der Waals surface area contributed by atoms with Crippen molar-refractivity contribution < 1.29 is 8.42 Å². The van der Waals surface area contributed by atoms with E-state index in [1.807, 2.05) is 6.07 Å². The van der Waals surface area contributed by atoms with E-state index in [0.717, 1.165) is 6.26 Å².